The Labute approximate surface area is 193 Å². The van der Waals surface area contributed by atoms with E-state index in [1.54, 1.807) is 26.4 Å². The first-order valence-corrected chi connectivity index (χ1v) is 10.5. The number of benzene rings is 3. The van der Waals surface area contributed by atoms with E-state index in [-0.39, 0.29) is 18.9 Å². The maximum atomic E-state index is 10.9. The lowest BCUT2D eigenvalue weighted by molar-refractivity contribution is -0.117. The molecule has 1 amide bonds. The number of ether oxygens (including phenoxy) is 3. The van der Waals surface area contributed by atoms with E-state index >= 15 is 0 Å². The van der Waals surface area contributed by atoms with E-state index in [4.69, 9.17) is 19.9 Å². The average molecular weight is 446 g/mol. The van der Waals surface area contributed by atoms with Crippen LogP contribution in [0.5, 0.6) is 17.2 Å². The summed E-state index contributed by atoms with van der Waals surface area (Å²) < 4.78 is 17.1. The SMILES string of the molecule is COc1cc(OCc2cccc(-c3ccccc3)c2C#N)cc(OC)c1CNCCC(N)=O. The van der Waals surface area contributed by atoms with Gasteiger partial charge in [-0.15, -0.1) is 0 Å². The fraction of sp³-hybridized carbons (Fsp3) is 0.231. The van der Waals surface area contributed by atoms with Gasteiger partial charge in [0, 0.05) is 37.2 Å². The average Bonchev–Trinajstić information content (AvgIpc) is 2.85. The number of carbonyl (C=O) groups is 1. The van der Waals surface area contributed by atoms with Crippen molar-refractivity contribution in [2.45, 2.75) is 19.6 Å². The van der Waals surface area contributed by atoms with Crippen molar-refractivity contribution in [2.75, 3.05) is 20.8 Å². The van der Waals surface area contributed by atoms with E-state index in [2.05, 4.69) is 11.4 Å². The standard InChI is InChI=1S/C26H27N3O4/c1-31-24-13-20(14-25(32-2)23(24)16-29-12-11-26(28)30)33-17-19-9-6-10-21(22(19)15-27)18-7-4-3-5-8-18/h3-10,13-14,29H,11-12,16-17H2,1-2H3,(H2,28,30). The van der Waals surface area contributed by atoms with E-state index in [9.17, 15) is 10.1 Å². The Bertz CT molecular complexity index is 1120. The summed E-state index contributed by atoms with van der Waals surface area (Å²) in [6, 6.07) is 21.4. The first-order valence-electron chi connectivity index (χ1n) is 10.5. The van der Waals surface area contributed by atoms with Crippen molar-refractivity contribution >= 4 is 5.91 Å². The van der Waals surface area contributed by atoms with Gasteiger partial charge in [0.1, 0.15) is 29.9 Å². The molecule has 0 saturated heterocycles. The first-order chi connectivity index (χ1) is 16.1. The normalized spacial score (nSPS) is 10.3. The summed E-state index contributed by atoms with van der Waals surface area (Å²) in [5, 5.41) is 13.0. The molecule has 0 aliphatic carbocycles. The van der Waals surface area contributed by atoms with Crippen molar-refractivity contribution in [3.63, 3.8) is 0 Å². The Balaban J connectivity index is 1.80. The minimum Gasteiger partial charge on any atom is -0.496 e. The van der Waals surface area contributed by atoms with Gasteiger partial charge >= 0.3 is 0 Å². The van der Waals surface area contributed by atoms with Gasteiger partial charge in [0.25, 0.3) is 0 Å². The molecule has 0 aliphatic heterocycles. The number of nitrogens with one attached hydrogen (secondary N) is 1. The number of hydrogen-bond donors (Lipinski definition) is 2. The molecule has 0 aromatic heterocycles. The van der Waals surface area contributed by atoms with Gasteiger partial charge in [0.05, 0.1) is 25.3 Å². The minimum absolute atomic E-state index is 0.214. The molecule has 3 aromatic carbocycles. The highest BCUT2D eigenvalue weighted by atomic mass is 16.5. The Morgan fingerprint density at radius 2 is 1.73 bits per heavy atom. The van der Waals surface area contributed by atoms with Crippen molar-refractivity contribution in [3.05, 3.63) is 77.4 Å². The Hall–Kier alpha value is -4.02. The molecule has 0 heterocycles. The molecular formula is C26H27N3O4. The highest BCUT2D eigenvalue weighted by molar-refractivity contribution is 5.74. The topological polar surface area (TPSA) is 107 Å². The van der Waals surface area contributed by atoms with Gasteiger partial charge in [0.2, 0.25) is 5.91 Å². The summed E-state index contributed by atoms with van der Waals surface area (Å²) in [6.45, 7) is 1.11. The van der Waals surface area contributed by atoms with Crippen LogP contribution in [0.25, 0.3) is 11.1 Å². The second-order valence-electron chi connectivity index (χ2n) is 7.31. The number of hydrogen-bond acceptors (Lipinski definition) is 6. The van der Waals surface area contributed by atoms with Crippen LogP contribution >= 0.6 is 0 Å². The second kappa shape index (κ2) is 11.6. The molecule has 0 spiro atoms. The summed E-state index contributed by atoms with van der Waals surface area (Å²) in [6.07, 6.45) is 0.245. The third kappa shape index (κ3) is 6.03. The van der Waals surface area contributed by atoms with Crippen molar-refractivity contribution in [1.82, 2.24) is 5.32 Å². The van der Waals surface area contributed by atoms with E-state index in [1.807, 2.05) is 48.5 Å². The van der Waals surface area contributed by atoms with Gasteiger partial charge in [0.15, 0.2) is 0 Å². The monoisotopic (exact) mass is 445 g/mol. The number of nitrogens with two attached hydrogens (primary N) is 1. The molecule has 0 unspecified atom stereocenters. The number of carbonyl (C=O) groups excluding carboxylic acids is 1. The second-order valence-corrected chi connectivity index (χ2v) is 7.31. The van der Waals surface area contributed by atoms with E-state index in [1.165, 1.54) is 0 Å². The number of rotatable bonds is 11. The lowest BCUT2D eigenvalue weighted by atomic mass is 9.96. The van der Waals surface area contributed by atoms with Crippen molar-refractivity contribution in [3.8, 4) is 34.4 Å². The zero-order valence-electron chi connectivity index (χ0n) is 18.8. The molecule has 3 rings (SSSR count). The molecule has 170 valence electrons. The van der Waals surface area contributed by atoms with Crippen molar-refractivity contribution < 1.29 is 19.0 Å². The van der Waals surface area contributed by atoms with Crippen LogP contribution in [0.2, 0.25) is 0 Å². The quantitative estimate of drug-likeness (QED) is 0.435. The fourth-order valence-corrected chi connectivity index (χ4v) is 3.51. The molecular weight excluding hydrogens is 418 g/mol. The molecule has 0 radical (unpaired) electrons. The van der Waals surface area contributed by atoms with Crippen LogP contribution in [0.4, 0.5) is 0 Å². The molecule has 33 heavy (non-hydrogen) atoms. The molecule has 7 nitrogen and oxygen atoms in total. The summed E-state index contributed by atoms with van der Waals surface area (Å²) >= 11 is 0. The zero-order chi connectivity index (χ0) is 23.6. The van der Waals surface area contributed by atoms with Crippen LogP contribution < -0.4 is 25.3 Å². The van der Waals surface area contributed by atoms with Gasteiger partial charge in [-0.2, -0.15) is 5.26 Å². The number of methoxy groups -OCH3 is 2. The van der Waals surface area contributed by atoms with Crippen LogP contribution in [-0.4, -0.2) is 26.7 Å². The number of primary amides is 1. The maximum Gasteiger partial charge on any atom is 0.218 e. The van der Waals surface area contributed by atoms with Gasteiger partial charge in [-0.25, -0.2) is 0 Å². The summed E-state index contributed by atoms with van der Waals surface area (Å²) in [4.78, 5) is 10.9. The largest absolute Gasteiger partial charge is 0.496 e. The van der Waals surface area contributed by atoms with Crippen LogP contribution in [0.15, 0.2) is 60.7 Å². The number of nitrogens with zero attached hydrogens (tertiary/aromatic N) is 1. The van der Waals surface area contributed by atoms with Gasteiger partial charge in [-0.1, -0.05) is 48.5 Å². The molecule has 0 atom stereocenters. The van der Waals surface area contributed by atoms with Gasteiger partial charge in [-0.3, -0.25) is 4.79 Å². The summed E-state index contributed by atoms with van der Waals surface area (Å²) in [5.41, 5.74) is 9.20. The third-order valence-electron chi connectivity index (χ3n) is 5.17. The lowest BCUT2D eigenvalue weighted by Gasteiger charge is -2.17. The Morgan fingerprint density at radius 3 is 2.33 bits per heavy atom. The molecule has 0 aliphatic rings. The van der Waals surface area contributed by atoms with E-state index in [0.717, 1.165) is 22.3 Å². The maximum absolute atomic E-state index is 10.9. The highest BCUT2D eigenvalue weighted by Crippen LogP contribution is 2.35. The minimum atomic E-state index is -0.363. The third-order valence-corrected chi connectivity index (χ3v) is 5.17. The molecule has 0 saturated carbocycles. The zero-order valence-corrected chi connectivity index (χ0v) is 18.8. The first kappa shape index (κ1) is 23.6. The van der Waals surface area contributed by atoms with Crippen LogP contribution in [-0.2, 0) is 17.9 Å². The van der Waals surface area contributed by atoms with Crippen LogP contribution in [0.3, 0.4) is 0 Å². The van der Waals surface area contributed by atoms with Gasteiger partial charge in [-0.05, 0) is 11.1 Å². The lowest BCUT2D eigenvalue weighted by Crippen LogP contribution is -2.22. The number of amides is 1. The smallest absolute Gasteiger partial charge is 0.218 e. The van der Waals surface area contributed by atoms with Crippen molar-refractivity contribution in [2.24, 2.45) is 5.73 Å². The molecule has 0 fully saturated rings. The fourth-order valence-electron chi connectivity index (χ4n) is 3.51. The molecule has 0 bridgehead atoms. The van der Waals surface area contributed by atoms with E-state index in [0.29, 0.717) is 35.9 Å². The molecule has 7 heteroatoms. The molecule has 3 aromatic rings. The Morgan fingerprint density at radius 1 is 1.03 bits per heavy atom. The highest BCUT2D eigenvalue weighted by Gasteiger charge is 2.15. The van der Waals surface area contributed by atoms with E-state index < -0.39 is 0 Å². The predicted molar refractivity (Wildman–Crippen MR) is 126 cm³/mol. The van der Waals surface area contributed by atoms with Crippen LogP contribution in [0, 0.1) is 11.3 Å². The Kier molecular flexibility index (Phi) is 8.28. The summed E-state index contributed by atoms with van der Waals surface area (Å²) in [7, 11) is 3.14. The molecule has 3 N–H and O–H groups in total. The number of nitriles is 1. The van der Waals surface area contributed by atoms with Crippen LogP contribution in [0.1, 0.15) is 23.1 Å². The van der Waals surface area contributed by atoms with Crippen molar-refractivity contribution in [1.29, 1.82) is 5.26 Å². The predicted octanol–water partition coefficient (Wildman–Crippen LogP) is 3.79. The summed E-state index contributed by atoms with van der Waals surface area (Å²) in [5.74, 6) is 1.38. The van der Waals surface area contributed by atoms with Gasteiger partial charge < -0.3 is 25.3 Å².